The minimum atomic E-state index is 0.593. The average Bonchev–Trinajstić information content (AvgIpc) is 2.96. The van der Waals surface area contributed by atoms with Crippen molar-refractivity contribution in [1.82, 2.24) is 15.0 Å². The molecule has 0 aromatic carbocycles. The summed E-state index contributed by atoms with van der Waals surface area (Å²) in [6, 6.07) is 11.0. The van der Waals surface area contributed by atoms with E-state index in [0.29, 0.717) is 32.6 Å². The van der Waals surface area contributed by atoms with Crippen molar-refractivity contribution in [3.05, 3.63) is 48.8 Å². The highest BCUT2D eigenvalue weighted by Gasteiger charge is 2.14. The van der Waals surface area contributed by atoms with Gasteiger partial charge in [0.1, 0.15) is 10.8 Å². The molecule has 0 fully saturated rings. The van der Waals surface area contributed by atoms with E-state index in [0.717, 1.165) is 23.5 Å². The number of hydrogen-bond acceptors (Lipinski definition) is 6. The average molecular weight is 334 g/mol. The molecular weight excluding hydrogens is 326 g/mol. The van der Waals surface area contributed by atoms with Crippen molar-refractivity contribution in [3.8, 4) is 33.6 Å². The van der Waals surface area contributed by atoms with E-state index >= 15 is 0 Å². The van der Waals surface area contributed by atoms with Crippen LogP contribution in [0.1, 0.15) is 0 Å². The van der Waals surface area contributed by atoms with Crippen molar-refractivity contribution in [1.29, 1.82) is 10.5 Å². The van der Waals surface area contributed by atoms with E-state index in [-0.39, 0.29) is 0 Å². The molecule has 0 radical (unpaired) electrons. The van der Waals surface area contributed by atoms with E-state index in [4.69, 9.17) is 10.5 Å². The van der Waals surface area contributed by atoms with Gasteiger partial charge < -0.3 is 4.98 Å². The Kier molecular flexibility index (Phi) is 4.62. The van der Waals surface area contributed by atoms with Crippen LogP contribution in [0, 0.1) is 21.3 Å². The Labute approximate surface area is 141 Å². The van der Waals surface area contributed by atoms with Crippen LogP contribution in [-0.4, -0.2) is 9.97 Å². The van der Waals surface area contributed by atoms with Crippen LogP contribution in [-0.2, 0) is 0 Å². The zero-order valence-corrected chi connectivity index (χ0v) is 13.3. The van der Waals surface area contributed by atoms with Crippen LogP contribution in [0.25, 0.3) is 22.8 Å². The first-order valence-electron chi connectivity index (χ1n) is 6.50. The fourth-order valence-corrected chi connectivity index (χ4v) is 3.37. The lowest BCUT2D eigenvalue weighted by Gasteiger charge is -2.10. The molecule has 0 atom stereocenters. The second-order valence-electron chi connectivity index (χ2n) is 4.28. The van der Waals surface area contributed by atoms with Crippen LogP contribution in [0.4, 0.5) is 0 Å². The Bertz CT molecular complexity index is 818. The number of thioether (sulfide) groups is 2. The first kappa shape index (κ1) is 15.2. The lowest BCUT2D eigenvalue weighted by molar-refractivity contribution is 1.22. The van der Waals surface area contributed by atoms with Crippen molar-refractivity contribution < 1.29 is 0 Å². The lowest BCUT2D eigenvalue weighted by atomic mass is 10.2. The molecule has 3 aromatic heterocycles. The SMILES string of the molecule is N#CSc1c(-c2ccccn2)[n-]c(-c2ccccn2)c1SC#N. The van der Waals surface area contributed by atoms with Gasteiger partial charge in [-0.15, -0.1) is 0 Å². The van der Waals surface area contributed by atoms with Crippen LogP contribution in [0.2, 0.25) is 0 Å². The molecule has 110 valence electrons. The number of rotatable bonds is 4. The summed E-state index contributed by atoms with van der Waals surface area (Å²) in [7, 11) is 0. The summed E-state index contributed by atoms with van der Waals surface area (Å²) < 4.78 is 0. The Hall–Kier alpha value is -2.74. The number of nitriles is 2. The van der Waals surface area contributed by atoms with E-state index in [1.807, 2.05) is 36.4 Å². The molecule has 0 N–H and O–H groups in total. The smallest absolute Gasteiger partial charge is 0.138 e. The third-order valence-electron chi connectivity index (χ3n) is 2.97. The predicted molar refractivity (Wildman–Crippen MR) is 89.2 cm³/mol. The summed E-state index contributed by atoms with van der Waals surface area (Å²) in [5.74, 6) is 0. The molecule has 0 aliphatic heterocycles. The molecule has 3 aromatic rings. The highest BCUT2D eigenvalue weighted by Crippen LogP contribution is 2.43. The molecule has 0 unspecified atom stereocenters. The Balaban J connectivity index is 2.25. The van der Waals surface area contributed by atoms with Crippen molar-refractivity contribution in [2.75, 3.05) is 0 Å². The van der Waals surface area contributed by atoms with Crippen molar-refractivity contribution in [2.24, 2.45) is 0 Å². The van der Waals surface area contributed by atoms with Gasteiger partial charge in [0.05, 0.1) is 0 Å². The molecular formula is C16H8N5S2-. The summed E-state index contributed by atoms with van der Waals surface area (Å²) in [6.07, 6.45) is 3.34. The second kappa shape index (κ2) is 7.01. The highest BCUT2D eigenvalue weighted by atomic mass is 32.2. The Morgan fingerprint density at radius 2 is 1.26 bits per heavy atom. The molecule has 23 heavy (non-hydrogen) atoms. The molecule has 7 heteroatoms. The van der Waals surface area contributed by atoms with Crippen LogP contribution in [0.15, 0.2) is 58.6 Å². The molecule has 0 bridgehead atoms. The predicted octanol–water partition coefficient (Wildman–Crippen LogP) is 3.91. The summed E-state index contributed by atoms with van der Waals surface area (Å²) in [5.41, 5.74) is 2.51. The van der Waals surface area contributed by atoms with Crippen LogP contribution >= 0.6 is 23.5 Å². The van der Waals surface area contributed by atoms with E-state index in [1.165, 1.54) is 0 Å². The van der Waals surface area contributed by atoms with Crippen LogP contribution in [0.3, 0.4) is 0 Å². The van der Waals surface area contributed by atoms with Gasteiger partial charge in [-0.05, 0) is 47.8 Å². The zero-order valence-electron chi connectivity index (χ0n) is 11.7. The van der Waals surface area contributed by atoms with Crippen LogP contribution < -0.4 is 4.98 Å². The zero-order chi connectivity index (χ0) is 16.1. The number of pyridine rings is 2. The maximum Gasteiger partial charge on any atom is 0.138 e. The molecule has 0 aliphatic carbocycles. The molecule has 0 aliphatic rings. The summed E-state index contributed by atoms with van der Waals surface area (Å²) in [6.45, 7) is 0. The van der Waals surface area contributed by atoms with E-state index < -0.39 is 0 Å². The number of nitrogens with zero attached hydrogens (tertiary/aromatic N) is 5. The molecule has 5 nitrogen and oxygen atoms in total. The highest BCUT2D eigenvalue weighted by molar-refractivity contribution is 8.06. The number of aromatic nitrogens is 3. The maximum absolute atomic E-state index is 9.12. The third-order valence-corrected chi connectivity index (χ3v) is 4.49. The minimum absolute atomic E-state index is 0.593. The van der Waals surface area contributed by atoms with Gasteiger partial charge in [-0.2, -0.15) is 10.5 Å². The van der Waals surface area contributed by atoms with E-state index in [2.05, 4.69) is 25.8 Å². The van der Waals surface area contributed by atoms with Gasteiger partial charge in [0, 0.05) is 33.6 Å². The first-order chi connectivity index (χ1) is 11.3. The molecule has 0 saturated carbocycles. The van der Waals surface area contributed by atoms with Gasteiger partial charge in [0.15, 0.2) is 0 Å². The van der Waals surface area contributed by atoms with Crippen molar-refractivity contribution in [3.63, 3.8) is 0 Å². The Morgan fingerprint density at radius 1 is 0.783 bits per heavy atom. The van der Waals surface area contributed by atoms with E-state index in [9.17, 15) is 0 Å². The lowest BCUT2D eigenvalue weighted by Crippen LogP contribution is -1.88. The molecule has 0 amide bonds. The fraction of sp³-hybridized carbons (Fsp3) is 0. The monoisotopic (exact) mass is 334 g/mol. The van der Waals surface area contributed by atoms with Crippen LogP contribution in [0.5, 0.6) is 0 Å². The molecule has 3 heterocycles. The van der Waals surface area contributed by atoms with E-state index in [1.54, 1.807) is 12.4 Å². The largest absolute Gasteiger partial charge is 0.652 e. The minimum Gasteiger partial charge on any atom is -0.652 e. The van der Waals surface area contributed by atoms with Gasteiger partial charge in [0.25, 0.3) is 0 Å². The molecule has 0 saturated heterocycles. The van der Waals surface area contributed by atoms with Crippen molar-refractivity contribution in [2.45, 2.75) is 9.79 Å². The van der Waals surface area contributed by atoms with Gasteiger partial charge >= 0.3 is 0 Å². The topological polar surface area (TPSA) is 87.5 Å². The van der Waals surface area contributed by atoms with Gasteiger partial charge in [-0.25, -0.2) is 0 Å². The normalized spacial score (nSPS) is 10.0. The second-order valence-corrected chi connectivity index (χ2v) is 5.87. The molecule has 3 rings (SSSR count). The third kappa shape index (κ3) is 3.07. The summed E-state index contributed by atoms with van der Waals surface area (Å²) in [5, 5.41) is 22.4. The summed E-state index contributed by atoms with van der Waals surface area (Å²) in [4.78, 5) is 14.5. The number of hydrogen-bond donors (Lipinski definition) is 0. The molecule has 0 spiro atoms. The number of thiocyanates is 2. The fourth-order valence-electron chi connectivity index (χ4n) is 2.06. The Morgan fingerprint density at radius 3 is 1.61 bits per heavy atom. The first-order valence-corrected chi connectivity index (χ1v) is 8.13. The maximum atomic E-state index is 9.12. The standard InChI is InChI=1S/C16H8N5S2/c17-9-22-15-13(11-5-1-3-7-19-11)21-14(16(15)23-10-18)12-6-2-4-8-20-12/h1-8H/q-1. The van der Waals surface area contributed by atoms with Gasteiger partial charge in [0.2, 0.25) is 0 Å². The van der Waals surface area contributed by atoms with Gasteiger partial charge in [-0.1, -0.05) is 23.5 Å². The summed E-state index contributed by atoms with van der Waals surface area (Å²) >= 11 is 1.96. The van der Waals surface area contributed by atoms with Gasteiger partial charge in [-0.3, -0.25) is 9.97 Å². The van der Waals surface area contributed by atoms with Crippen molar-refractivity contribution >= 4 is 23.5 Å². The quantitative estimate of drug-likeness (QED) is 0.528.